The van der Waals surface area contributed by atoms with Gasteiger partial charge >= 0.3 is 0 Å². The Morgan fingerprint density at radius 1 is 0.983 bits per heavy atom. The van der Waals surface area contributed by atoms with Gasteiger partial charge < -0.3 is 26.3 Å². The molecule has 6 rings (SSSR count). The number of rotatable bonds is 15. The molecule has 306 valence electrons. The second-order valence-electron chi connectivity index (χ2n) is 15.6. The number of H-pyrrole nitrogens is 1. The Kier molecular flexibility index (Phi) is 14.6. The van der Waals surface area contributed by atoms with Crippen LogP contribution in [0.25, 0.3) is 34.8 Å². The molecule has 3 atom stereocenters. The lowest BCUT2D eigenvalue weighted by molar-refractivity contribution is -0.229. The summed E-state index contributed by atoms with van der Waals surface area (Å²) in [5, 5.41) is 34.1. The van der Waals surface area contributed by atoms with Gasteiger partial charge in [0.2, 0.25) is 0 Å². The van der Waals surface area contributed by atoms with Gasteiger partial charge in [-0.1, -0.05) is 93.1 Å². The molecule has 0 fully saturated rings. The van der Waals surface area contributed by atoms with E-state index in [-0.39, 0.29) is 29.4 Å². The number of allylic oxidation sites excluding steroid dienone is 9. The number of hydrogen-bond acceptors (Lipinski definition) is 5. The highest BCUT2D eigenvalue weighted by Gasteiger charge is 2.24. The van der Waals surface area contributed by atoms with Gasteiger partial charge in [-0.15, -0.1) is 0 Å². The van der Waals surface area contributed by atoms with Crippen LogP contribution in [-0.2, 0) is 0 Å². The smallest absolute Gasteiger partial charge is 0.134 e. The van der Waals surface area contributed by atoms with Gasteiger partial charge in [0.05, 0.1) is 17.9 Å². The van der Waals surface area contributed by atoms with E-state index in [9.17, 15) is 15.6 Å². The number of aromatic hydroxyl groups is 1. The third-order valence-corrected chi connectivity index (χ3v) is 11.1. The van der Waals surface area contributed by atoms with Crippen molar-refractivity contribution in [1.82, 2.24) is 4.98 Å². The molecule has 0 spiro atoms. The first kappa shape index (κ1) is 43.0. The molecule has 60 heavy (non-hydrogen) atoms. The first-order valence-corrected chi connectivity index (χ1v) is 20.9. The molecule has 0 saturated carbocycles. The number of aliphatic hydroxyl groups excluding tert-OH is 1. The van der Waals surface area contributed by atoms with Crippen molar-refractivity contribution in [3.05, 3.63) is 183 Å². The number of aryl methyl sites for hydroxylation is 1. The summed E-state index contributed by atoms with van der Waals surface area (Å²) < 4.78 is 0. The highest BCUT2D eigenvalue weighted by atomic mass is 16.3. The quantitative estimate of drug-likeness (QED) is 0.0466. The Morgan fingerprint density at radius 2 is 1.73 bits per heavy atom. The van der Waals surface area contributed by atoms with Crippen LogP contribution in [0.2, 0.25) is 0 Å². The molecule has 0 saturated heterocycles. The molecule has 0 amide bonds. The zero-order valence-electron chi connectivity index (χ0n) is 35.5. The maximum atomic E-state index is 11.7. The summed E-state index contributed by atoms with van der Waals surface area (Å²) in [6, 6.07) is 26.3. The topological polar surface area (TPSA) is 132 Å². The lowest BCUT2D eigenvalue weighted by Crippen LogP contribution is -2.44. The number of nitrogens with zero attached hydrogens (tertiary/aromatic N) is 2. The molecule has 0 bridgehead atoms. The molecule has 7 N–H and O–H groups in total. The summed E-state index contributed by atoms with van der Waals surface area (Å²) in [5.41, 5.74) is 14.1. The fourth-order valence-electron chi connectivity index (χ4n) is 7.56. The van der Waals surface area contributed by atoms with E-state index >= 15 is 0 Å². The van der Waals surface area contributed by atoms with Crippen molar-refractivity contribution in [3.63, 3.8) is 0 Å². The molecule has 7 heteroatoms. The minimum absolute atomic E-state index is 0.0379. The van der Waals surface area contributed by atoms with Gasteiger partial charge in [-0.05, 0) is 134 Å². The van der Waals surface area contributed by atoms with E-state index in [1.807, 2.05) is 124 Å². The number of quaternary nitrogens is 1. The van der Waals surface area contributed by atoms with E-state index in [4.69, 9.17) is 4.99 Å². The van der Waals surface area contributed by atoms with E-state index in [1.54, 1.807) is 6.08 Å². The predicted octanol–water partition coefficient (Wildman–Crippen LogP) is 10.1. The molecule has 2 aliphatic rings. The highest BCUT2D eigenvalue weighted by molar-refractivity contribution is 6.01. The summed E-state index contributed by atoms with van der Waals surface area (Å²) >= 11 is 0. The third-order valence-electron chi connectivity index (χ3n) is 11.1. The first-order chi connectivity index (χ1) is 29.1. The van der Waals surface area contributed by atoms with Crippen LogP contribution in [0.4, 0.5) is 0 Å². The normalized spacial score (nSPS) is 18.5. The van der Waals surface area contributed by atoms with Crippen LogP contribution in [0.3, 0.4) is 0 Å². The van der Waals surface area contributed by atoms with Gasteiger partial charge in [-0.3, -0.25) is 9.98 Å². The minimum Gasteiger partial charge on any atom is -0.508 e. The van der Waals surface area contributed by atoms with Crippen LogP contribution in [0.15, 0.2) is 160 Å². The monoisotopic (exact) mass is 796 g/mol. The fraction of sp³-hybridized carbons (Fsp3) is 0.226. The SMILES string of the molecule is CCCCC(C=C(O)C=CCC=c1ccccc1=C[NH3+])=CC(C)C(=N)C(C)=C(C)C=C(c1ccccc1)c1ccc(-c2cc(C)cc(C3=CC4N=CC=CC4C=N3)c2O)[nH]1. The molecule has 3 unspecified atom stereocenters. The number of nitrogens with one attached hydrogen (secondary N) is 2. The summed E-state index contributed by atoms with van der Waals surface area (Å²) in [6.07, 6.45) is 27.1. The molecule has 3 heterocycles. The lowest BCUT2D eigenvalue weighted by Gasteiger charge is -2.22. The van der Waals surface area contributed by atoms with E-state index in [1.165, 1.54) is 0 Å². The molecule has 1 aromatic heterocycles. The number of aromatic amines is 1. The Morgan fingerprint density at radius 3 is 2.50 bits per heavy atom. The Bertz CT molecular complexity index is 2610. The van der Waals surface area contributed by atoms with Crippen LogP contribution in [0, 0.1) is 24.2 Å². The first-order valence-electron chi connectivity index (χ1n) is 20.9. The van der Waals surface area contributed by atoms with Crippen molar-refractivity contribution < 1.29 is 15.9 Å². The zero-order chi connectivity index (χ0) is 42.6. The molecular formula is C53H58N5O2+. The van der Waals surface area contributed by atoms with E-state index in [0.717, 1.165) is 74.5 Å². The van der Waals surface area contributed by atoms with Crippen molar-refractivity contribution >= 4 is 41.7 Å². The number of fused-ring (bicyclic) bond motifs is 1. The molecule has 0 radical (unpaired) electrons. The molecular weight excluding hydrogens is 739 g/mol. The van der Waals surface area contributed by atoms with Crippen LogP contribution < -0.4 is 16.2 Å². The summed E-state index contributed by atoms with van der Waals surface area (Å²) in [5.74, 6) is 0.313. The van der Waals surface area contributed by atoms with Crippen molar-refractivity contribution in [1.29, 1.82) is 5.41 Å². The van der Waals surface area contributed by atoms with Gasteiger partial charge in [0.1, 0.15) is 11.5 Å². The van der Waals surface area contributed by atoms with Gasteiger partial charge in [0.15, 0.2) is 0 Å². The minimum atomic E-state index is -0.177. The van der Waals surface area contributed by atoms with Crippen molar-refractivity contribution in [2.45, 2.75) is 66.3 Å². The Balaban J connectivity index is 1.26. The Labute approximate surface area is 354 Å². The Hall–Kier alpha value is -6.57. The summed E-state index contributed by atoms with van der Waals surface area (Å²) in [7, 11) is 0. The van der Waals surface area contributed by atoms with Crippen LogP contribution in [-0.4, -0.2) is 39.4 Å². The number of aromatic nitrogens is 1. The molecule has 3 aromatic carbocycles. The fourth-order valence-corrected chi connectivity index (χ4v) is 7.56. The lowest BCUT2D eigenvalue weighted by atomic mass is 9.91. The van der Waals surface area contributed by atoms with E-state index in [2.05, 4.69) is 72.1 Å². The highest BCUT2D eigenvalue weighted by Crippen LogP contribution is 2.40. The zero-order valence-corrected chi connectivity index (χ0v) is 35.5. The number of dihydropyridines is 1. The average molecular weight is 797 g/mol. The maximum Gasteiger partial charge on any atom is 0.134 e. The number of phenolic OH excluding ortho intramolecular Hbond substituents is 1. The number of aliphatic imine (C=N–C) groups is 2. The van der Waals surface area contributed by atoms with Crippen LogP contribution >= 0.6 is 0 Å². The predicted molar refractivity (Wildman–Crippen MR) is 252 cm³/mol. The summed E-state index contributed by atoms with van der Waals surface area (Å²) in [6.45, 7) is 10.3. The van der Waals surface area contributed by atoms with Gasteiger partial charge in [0.25, 0.3) is 0 Å². The van der Waals surface area contributed by atoms with Crippen molar-refractivity contribution in [3.8, 4) is 17.0 Å². The average Bonchev–Trinajstić information content (AvgIpc) is 3.76. The van der Waals surface area contributed by atoms with Gasteiger partial charge in [-0.2, -0.15) is 0 Å². The molecule has 7 nitrogen and oxygen atoms in total. The number of aliphatic hydroxyl groups is 1. The van der Waals surface area contributed by atoms with E-state index < -0.39 is 0 Å². The third kappa shape index (κ3) is 10.7. The molecule has 0 aliphatic carbocycles. The van der Waals surface area contributed by atoms with Gasteiger partial charge in [0, 0.05) is 63.3 Å². The molecule has 2 aliphatic heterocycles. The maximum absolute atomic E-state index is 11.7. The second kappa shape index (κ2) is 20.4. The van der Waals surface area contributed by atoms with Crippen molar-refractivity contribution in [2.75, 3.05) is 0 Å². The summed E-state index contributed by atoms with van der Waals surface area (Å²) in [4.78, 5) is 13.0. The van der Waals surface area contributed by atoms with Crippen molar-refractivity contribution in [2.24, 2.45) is 21.8 Å². The number of unbranched alkanes of at least 4 members (excludes halogenated alkanes) is 1. The van der Waals surface area contributed by atoms with Gasteiger partial charge in [-0.25, -0.2) is 0 Å². The second-order valence-corrected chi connectivity index (χ2v) is 15.6. The van der Waals surface area contributed by atoms with E-state index in [0.29, 0.717) is 29.0 Å². The number of hydrogen-bond donors (Lipinski definition) is 5. The molecule has 4 aromatic rings. The number of phenols is 1. The largest absolute Gasteiger partial charge is 0.508 e. The standard InChI is InChI=1S/C53H57N5O2/c1-6-7-16-39(31-44(59)23-14-13-18-40-17-11-12-21-42(40)33-54)29-37(4)52(55)38(5)36(3)30-45(41-19-9-8-10-20-41)48-24-25-49(58-48)46-27-35(2)28-47(53(46)60)51-32-50-43(34-57-51)22-15-26-56-50/h8-12,14-15,17-34,37,43,50,55,58-60H,6-7,13,16,54H2,1-5H3/p+1. The number of benzene rings is 3. The van der Waals surface area contributed by atoms with Crippen LogP contribution in [0.1, 0.15) is 75.8 Å². The van der Waals surface area contributed by atoms with Crippen LogP contribution in [0.5, 0.6) is 5.75 Å².